The Balaban J connectivity index is 1.61. The van der Waals surface area contributed by atoms with Gasteiger partial charge in [-0.1, -0.05) is 11.8 Å². The number of carbonyl (C=O) groups is 1. The molecule has 138 valence electrons. The molecule has 2 aromatic heterocycles. The fourth-order valence-corrected chi connectivity index (χ4v) is 3.13. The molecule has 0 spiro atoms. The molecular weight excluding hydrogens is 360 g/mol. The normalized spacial score (nSPS) is 10.4. The zero-order chi connectivity index (χ0) is 19.1. The Bertz CT molecular complexity index is 902. The standard InChI is InChI=1S/C20H20N4O2S/c1-3-26-17-8-6-16(7-9-17)23-18(25)13-27-19-11-14(2)22-20(24-19)15-5-4-10-21-12-15/h4-12H,3,13H2,1-2H3,(H,23,25). The molecule has 0 aliphatic heterocycles. The van der Waals surface area contributed by atoms with E-state index in [1.807, 2.05) is 56.3 Å². The average Bonchev–Trinajstić information content (AvgIpc) is 2.68. The number of benzene rings is 1. The van der Waals surface area contributed by atoms with Crippen LogP contribution in [0, 0.1) is 6.92 Å². The van der Waals surface area contributed by atoms with Crippen molar-refractivity contribution in [3.63, 3.8) is 0 Å². The van der Waals surface area contributed by atoms with Crippen molar-refractivity contribution in [1.82, 2.24) is 15.0 Å². The number of hydrogen-bond donors (Lipinski definition) is 1. The van der Waals surface area contributed by atoms with Crippen molar-refractivity contribution in [2.24, 2.45) is 0 Å². The molecule has 6 nitrogen and oxygen atoms in total. The summed E-state index contributed by atoms with van der Waals surface area (Å²) in [6.07, 6.45) is 3.43. The summed E-state index contributed by atoms with van der Waals surface area (Å²) in [7, 11) is 0. The SMILES string of the molecule is CCOc1ccc(NC(=O)CSc2cc(C)nc(-c3cccnc3)n2)cc1. The fraction of sp³-hybridized carbons (Fsp3) is 0.200. The molecule has 0 aliphatic carbocycles. The zero-order valence-corrected chi connectivity index (χ0v) is 16.0. The molecule has 1 N–H and O–H groups in total. The molecule has 0 radical (unpaired) electrons. The molecule has 0 aliphatic rings. The van der Waals surface area contributed by atoms with Crippen molar-refractivity contribution in [3.8, 4) is 17.1 Å². The van der Waals surface area contributed by atoms with Crippen LogP contribution in [0.5, 0.6) is 5.75 Å². The fourth-order valence-electron chi connectivity index (χ4n) is 2.38. The first-order valence-corrected chi connectivity index (χ1v) is 9.54. The number of aromatic nitrogens is 3. The van der Waals surface area contributed by atoms with Gasteiger partial charge in [0, 0.05) is 29.3 Å². The van der Waals surface area contributed by atoms with Gasteiger partial charge in [-0.3, -0.25) is 9.78 Å². The summed E-state index contributed by atoms with van der Waals surface area (Å²) in [5, 5.41) is 3.63. The van der Waals surface area contributed by atoms with Crippen molar-refractivity contribution < 1.29 is 9.53 Å². The number of anilines is 1. The molecule has 0 saturated carbocycles. The summed E-state index contributed by atoms with van der Waals surface area (Å²) in [5.74, 6) is 1.56. The number of ether oxygens (including phenoxy) is 1. The maximum Gasteiger partial charge on any atom is 0.234 e. The van der Waals surface area contributed by atoms with E-state index in [9.17, 15) is 4.79 Å². The second kappa shape index (κ2) is 9.14. The highest BCUT2D eigenvalue weighted by atomic mass is 32.2. The largest absolute Gasteiger partial charge is 0.494 e. The maximum absolute atomic E-state index is 12.2. The Morgan fingerprint density at radius 2 is 2.00 bits per heavy atom. The van der Waals surface area contributed by atoms with Crippen molar-refractivity contribution >= 4 is 23.4 Å². The summed E-state index contributed by atoms with van der Waals surface area (Å²) in [6.45, 7) is 4.45. The second-order valence-electron chi connectivity index (χ2n) is 5.71. The molecule has 7 heteroatoms. The third-order valence-electron chi connectivity index (χ3n) is 3.55. The molecule has 2 heterocycles. The first-order valence-electron chi connectivity index (χ1n) is 8.55. The van der Waals surface area contributed by atoms with Crippen LogP contribution in [0.1, 0.15) is 12.6 Å². The molecule has 1 amide bonds. The van der Waals surface area contributed by atoms with Crippen LogP contribution in [-0.2, 0) is 4.79 Å². The van der Waals surface area contributed by atoms with E-state index in [0.717, 1.165) is 27.7 Å². The molecule has 0 unspecified atom stereocenters. The number of pyridine rings is 1. The van der Waals surface area contributed by atoms with E-state index in [4.69, 9.17) is 4.74 Å². The summed E-state index contributed by atoms with van der Waals surface area (Å²) in [5.41, 5.74) is 2.43. The Labute approximate surface area is 162 Å². The third kappa shape index (κ3) is 5.52. The molecule has 1 aromatic carbocycles. The Hall–Kier alpha value is -2.93. The first kappa shape index (κ1) is 18.8. The van der Waals surface area contributed by atoms with E-state index in [2.05, 4.69) is 20.3 Å². The van der Waals surface area contributed by atoms with Gasteiger partial charge in [0.05, 0.1) is 12.4 Å². The molecule has 0 saturated heterocycles. The first-order chi connectivity index (χ1) is 13.1. The van der Waals surface area contributed by atoms with Gasteiger partial charge in [0.15, 0.2) is 5.82 Å². The van der Waals surface area contributed by atoms with Crippen LogP contribution in [0.4, 0.5) is 5.69 Å². The van der Waals surface area contributed by atoms with E-state index >= 15 is 0 Å². The molecule has 0 bridgehead atoms. The van der Waals surface area contributed by atoms with Crippen LogP contribution in [0.2, 0.25) is 0 Å². The predicted molar refractivity (Wildman–Crippen MR) is 107 cm³/mol. The number of rotatable bonds is 7. The minimum absolute atomic E-state index is 0.0941. The molecule has 3 aromatic rings. The smallest absolute Gasteiger partial charge is 0.234 e. The van der Waals surface area contributed by atoms with Crippen LogP contribution >= 0.6 is 11.8 Å². The van der Waals surface area contributed by atoms with Crippen molar-refractivity contribution in [3.05, 3.63) is 60.6 Å². The van der Waals surface area contributed by atoms with Gasteiger partial charge in [-0.25, -0.2) is 9.97 Å². The molecule has 0 atom stereocenters. The number of thioether (sulfide) groups is 1. The van der Waals surface area contributed by atoms with Crippen molar-refractivity contribution in [2.45, 2.75) is 18.9 Å². The average molecular weight is 380 g/mol. The summed E-state index contributed by atoms with van der Waals surface area (Å²) >= 11 is 1.37. The minimum Gasteiger partial charge on any atom is -0.494 e. The lowest BCUT2D eigenvalue weighted by molar-refractivity contribution is -0.113. The number of nitrogens with one attached hydrogen (secondary N) is 1. The van der Waals surface area contributed by atoms with Gasteiger partial charge in [-0.05, 0) is 56.3 Å². The molecule has 0 fully saturated rings. The van der Waals surface area contributed by atoms with E-state index in [0.29, 0.717) is 12.4 Å². The number of nitrogens with zero attached hydrogens (tertiary/aromatic N) is 3. The molecular formula is C20H20N4O2S. The highest BCUT2D eigenvalue weighted by molar-refractivity contribution is 7.99. The number of aryl methyl sites for hydroxylation is 1. The number of amides is 1. The van der Waals surface area contributed by atoms with Crippen LogP contribution in [0.15, 0.2) is 59.9 Å². The summed E-state index contributed by atoms with van der Waals surface area (Å²) < 4.78 is 5.39. The lowest BCUT2D eigenvalue weighted by Crippen LogP contribution is -2.14. The van der Waals surface area contributed by atoms with Gasteiger partial charge in [0.1, 0.15) is 10.8 Å². The van der Waals surface area contributed by atoms with E-state index in [1.165, 1.54) is 11.8 Å². The maximum atomic E-state index is 12.2. The highest BCUT2D eigenvalue weighted by Crippen LogP contribution is 2.22. The second-order valence-corrected chi connectivity index (χ2v) is 6.70. The van der Waals surface area contributed by atoms with Crippen molar-refractivity contribution in [1.29, 1.82) is 0 Å². The zero-order valence-electron chi connectivity index (χ0n) is 15.2. The summed E-state index contributed by atoms with van der Waals surface area (Å²) in [6, 6.07) is 12.9. The van der Waals surface area contributed by atoms with Crippen LogP contribution in [0.25, 0.3) is 11.4 Å². The van der Waals surface area contributed by atoms with Gasteiger partial charge < -0.3 is 10.1 Å². The monoisotopic (exact) mass is 380 g/mol. The highest BCUT2D eigenvalue weighted by Gasteiger charge is 2.09. The van der Waals surface area contributed by atoms with Crippen LogP contribution in [0.3, 0.4) is 0 Å². The summed E-state index contributed by atoms with van der Waals surface area (Å²) in [4.78, 5) is 25.3. The van der Waals surface area contributed by atoms with E-state index in [-0.39, 0.29) is 11.7 Å². The minimum atomic E-state index is -0.0941. The van der Waals surface area contributed by atoms with Gasteiger partial charge in [0.2, 0.25) is 5.91 Å². The van der Waals surface area contributed by atoms with Gasteiger partial charge in [-0.15, -0.1) is 0 Å². The van der Waals surface area contributed by atoms with Gasteiger partial charge in [-0.2, -0.15) is 0 Å². The molecule has 27 heavy (non-hydrogen) atoms. The van der Waals surface area contributed by atoms with Gasteiger partial charge >= 0.3 is 0 Å². The topological polar surface area (TPSA) is 77.0 Å². The lowest BCUT2D eigenvalue weighted by atomic mass is 10.2. The third-order valence-corrected chi connectivity index (χ3v) is 4.46. The van der Waals surface area contributed by atoms with Crippen LogP contribution in [-0.4, -0.2) is 33.2 Å². The Morgan fingerprint density at radius 3 is 2.70 bits per heavy atom. The molecule has 3 rings (SSSR count). The predicted octanol–water partition coefficient (Wildman–Crippen LogP) is 3.98. The van der Waals surface area contributed by atoms with Crippen LogP contribution < -0.4 is 10.1 Å². The number of hydrogen-bond acceptors (Lipinski definition) is 6. The van der Waals surface area contributed by atoms with Gasteiger partial charge in [0.25, 0.3) is 0 Å². The Morgan fingerprint density at radius 1 is 1.19 bits per heavy atom. The Kier molecular flexibility index (Phi) is 6.38. The lowest BCUT2D eigenvalue weighted by Gasteiger charge is -2.08. The van der Waals surface area contributed by atoms with E-state index < -0.39 is 0 Å². The van der Waals surface area contributed by atoms with Crippen molar-refractivity contribution in [2.75, 3.05) is 17.7 Å². The van der Waals surface area contributed by atoms with E-state index in [1.54, 1.807) is 12.4 Å². The number of carbonyl (C=O) groups excluding carboxylic acids is 1. The quantitative estimate of drug-likeness (QED) is 0.494.